The van der Waals surface area contributed by atoms with Crippen LogP contribution >= 0.6 is 23.1 Å². The Balaban J connectivity index is 1.88. The van der Waals surface area contributed by atoms with Crippen molar-refractivity contribution in [1.82, 2.24) is 24.7 Å². The maximum atomic E-state index is 11.3. The largest absolute Gasteiger partial charge is 0.383 e. The monoisotopic (exact) mass is 322 g/mol. The van der Waals surface area contributed by atoms with Crippen LogP contribution in [0.1, 0.15) is 5.82 Å². The van der Waals surface area contributed by atoms with E-state index in [0.717, 1.165) is 10.2 Å². The number of aryl methyl sites for hydroxylation is 1. The molecule has 0 bridgehead atoms. The van der Waals surface area contributed by atoms with Crippen LogP contribution < -0.4 is 16.9 Å². The van der Waals surface area contributed by atoms with Gasteiger partial charge < -0.3 is 5.73 Å². The summed E-state index contributed by atoms with van der Waals surface area (Å²) in [6, 6.07) is 1.87. The number of hydrogen-bond donors (Lipinski definition) is 2. The standard InChI is InChI=1S/C11H10N6O2S2/c1-17-11(15-8(18)9(19)16-17)21-4-6-13-7(12)5-2-3-20-10(5)14-6/h2-3H,4H2,1H3,(H,16,19)(H2,12,13,14). The van der Waals surface area contributed by atoms with Crippen molar-refractivity contribution in [3.05, 3.63) is 38.0 Å². The van der Waals surface area contributed by atoms with Crippen LogP contribution in [-0.4, -0.2) is 24.7 Å². The lowest BCUT2D eigenvalue weighted by Crippen LogP contribution is -2.33. The Bertz CT molecular complexity index is 928. The summed E-state index contributed by atoms with van der Waals surface area (Å²) in [5.74, 6) is 1.37. The quantitative estimate of drug-likeness (QED) is 0.527. The number of rotatable bonds is 3. The molecule has 0 aliphatic rings. The number of fused-ring (bicyclic) bond motifs is 1. The van der Waals surface area contributed by atoms with E-state index in [-0.39, 0.29) is 0 Å². The first-order valence-corrected chi connectivity index (χ1v) is 7.71. The van der Waals surface area contributed by atoms with Crippen LogP contribution in [0.25, 0.3) is 10.2 Å². The molecule has 10 heteroatoms. The molecule has 0 aliphatic carbocycles. The van der Waals surface area contributed by atoms with E-state index in [9.17, 15) is 9.59 Å². The van der Waals surface area contributed by atoms with Crippen LogP contribution in [-0.2, 0) is 12.8 Å². The zero-order valence-corrected chi connectivity index (χ0v) is 12.5. The molecule has 0 spiro atoms. The van der Waals surface area contributed by atoms with Crippen molar-refractivity contribution in [3.8, 4) is 0 Å². The second-order valence-electron chi connectivity index (χ2n) is 4.15. The highest BCUT2D eigenvalue weighted by Gasteiger charge is 2.09. The number of nitrogen functional groups attached to an aromatic ring is 1. The summed E-state index contributed by atoms with van der Waals surface area (Å²) in [5, 5.41) is 5.50. The Kier molecular flexibility index (Phi) is 3.47. The molecule has 3 aromatic rings. The molecule has 0 saturated heterocycles. The molecule has 3 N–H and O–H groups in total. The smallest absolute Gasteiger partial charge is 0.339 e. The minimum atomic E-state index is -0.815. The molecule has 0 fully saturated rings. The molecule has 3 aromatic heterocycles. The Hall–Kier alpha value is -2.20. The third-order valence-electron chi connectivity index (χ3n) is 2.68. The van der Waals surface area contributed by atoms with Crippen LogP contribution in [0.2, 0.25) is 0 Å². The van der Waals surface area contributed by atoms with Crippen molar-refractivity contribution in [2.24, 2.45) is 7.05 Å². The van der Waals surface area contributed by atoms with Gasteiger partial charge in [-0.05, 0) is 11.4 Å². The van der Waals surface area contributed by atoms with Crippen LogP contribution in [0.5, 0.6) is 0 Å². The molecular weight excluding hydrogens is 312 g/mol. The first kappa shape index (κ1) is 13.8. The second-order valence-corrected chi connectivity index (χ2v) is 5.99. The molecule has 0 saturated carbocycles. The zero-order valence-electron chi connectivity index (χ0n) is 10.9. The van der Waals surface area contributed by atoms with Crippen molar-refractivity contribution in [2.75, 3.05) is 5.73 Å². The molecule has 3 rings (SSSR count). The number of thioether (sulfide) groups is 1. The predicted octanol–water partition coefficient (Wildman–Crippen LogP) is 0.348. The second kappa shape index (κ2) is 5.30. The fraction of sp³-hybridized carbons (Fsp3) is 0.182. The SMILES string of the molecule is Cn1[nH]c(=O)c(=O)nc1SCc1nc(N)c2ccsc2n1. The molecular formula is C11H10N6O2S2. The minimum Gasteiger partial charge on any atom is -0.383 e. The lowest BCUT2D eigenvalue weighted by Gasteiger charge is -2.05. The highest BCUT2D eigenvalue weighted by molar-refractivity contribution is 7.98. The molecule has 0 aliphatic heterocycles. The van der Waals surface area contributed by atoms with Crippen molar-refractivity contribution in [1.29, 1.82) is 0 Å². The van der Waals surface area contributed by atoms with Gasteiger partial charge >= 0.3 is 11.1 Å². The number of H-pyrrole nitrogens is 1. The van der Waals surface area contributed by atoms with E-state index in [4.69, 9.17) is 5.73 Å². The zero-order chi connectivity index (χ0) is 15.0. The fourth-order valence-corrected chi connectivity index (χ4v) is 3.27. The molecule has 21 heavy (non-hydrogen) atoms. The average Bonchev–Trinajstić information content (AvgIpc) is 2.90. The summed E-state index contributed by atoms with van der Waals surface area (Å²) in [6.07, 6.45) is 0. The van der Waals surface area contributed by atoms with E-state index in [1.165, 1.54) is 27.8 Å². The van der Waals surface area contributed by atoms with E-state index in [1.807, 2.05) is 11.4 Å². The predicted molar refractivity (Wildman–Crippen MR) is 81.5 cm³/mol. The third-order valence-corrected chi connectivity index (χ3v) is 4.51. The lowest BCUT2D eigenvalue weighted by molar-refractivity contribution is 0.596. The minimum absolute atomic E-state index is 0.382. The topological polar surface area (TPSA) is 120 Å². The van der Waals surface area contributed by atoms with Gasteiger partial charge in [0.15, 0.2) is 5.16 Å². The molecule has 0 atom stereocenters. The normalized spacial score (nSPS) is 11.1. The Morgan fingerprint density at radius 3 is 3.00 bits per heavy atom. The van der Waals surface area contributed by atoms with Gasteiger partial charge in [-0.25, -0.2) is 9.97 Å². The number of aromatic nitrogens is 5. The van der Waals surface area contributed by atoms with E-state index in [0.29, 0.717) is 22.6 Å². The molecule has 108 valence electrons. The number of nitrogens with two attached hydrogens (primary N) is 1. The van der Waals surface area contributed by atoms with E-state index >= 15 is 0 Å². The van der Waals surface area contributed by atoms with Crippen molar-refractivity contribution < 1.29 is 0 Å². The van der Waals surface area contributed by atoms with Gasteiger partial charge in [-0.15, -0.1) is 11.3 Å². The van der Waals surface area contributed by atoms with E-state index < -0.39 is 11.1 Å². The van der Waals surface area contributed by atoms with Gasteiger partial charge in [0.25, 0.3) is 0 Å². The highest BCUT2D eigenvalue weighted by atomic mass is 32.2. The van der Waals surface area contributed by atoms with Crippen LogP contribution in [0.3, 0.4) is 0 Å². The molecule has 0 aromatic carbocycles. The maximum Gasteiger partial charge on any atom is 0.339 e. The van der Waals surface area contributed by atoms with Crippen molar-refractivity contribution in [3.63, 3.8) is 0 Å². The van der Waals surface area contributed by atoms with Gasteiger partial charge in [0.1, 0.15) is 16.5 Å². The Labute approximate surface area is 126 Å². The third kappa shape index (κ3) is 2.67. The molecule has 0 radical (unpaired) electrons. The Morgan fingerprint density at radius 2 is 2.19 bits per heavy atom. The van der Waals surface area contributed by atoms with E-state index in [2.05, 4.69) is 20.1 Å². The average molecular weight is 322 g/mol. The van der Waals surface area contributed by atoms with Crippen molar-refractivity contribution >= 4 is 39.1 Å². The van der Waals surface area contributed by atoms with Crippen molar-refractivity contribution in [2.45, 2.75) is 10.9 Å². The van der Waals surface area contributed by atoms with E-state index in [1.54, 1.807) is 7.05 Å². The van der Waals surface area contributed by atoms with Gasteiger partial charge in [-0.1, -0.05) is 11.8 Å². The summed E-state index contributed by atoms with van der Waals surface area (Å²) >= 11 is 2.73. The summed E-state index contributed by atoms with van der Waals surface area (Å²) in [6.45, 7) is 0. The van der Waals surface area contributed by atoms with Gasteiger partial charge in [-0.3, -0.25) is 19.4 Å². The summed E-state index contributed by atoms with van der Waals surface area (Å²) in [5.41, 5.74) is 4.31. The molecule has 0 amide bonds. The fourth-order valence-electron chi connectivity index (χ4n) is 1.71. The first-order valence-electron chi connectivity index (χ1n) is 5.84. The number of nitrogens with one attached hydrogen (secondary N) is 1. The highest BCUT2D eigenvalue weighted by Crippen LogP contribution is 2.25. The lowest BCUT2D eigenvalue weighted by atomic mass is 10.4. The van der Waals surface area contributed by atoms with Gasteiger partial charge in [0, 0.05) is 7.05 Å². The maximum absolute atomic E-state index is 11.3. The van der Waals surface area contributed by atoms with Crippen LogP contribution in [0, 0.1) is 0 Å². The first-order chi connectivity index (χ1) is 10.0. The number of nitrogens with zero attached hydrogens (tertiary/aromatic N) is 4. The number of thiophene rings is 1. The molecule has 8 nitrogen and oxygen atoms in total. The number of anilines is 1. The molecule has 3 heterocycles. The summed E-state index contributed by atoms with van der Waals surface area (Å²) in [7, 11) is 1.61. The van der Waals surface area contributed by atoms with Crippen LogP contribution in [0.4, 0.5) is 5.82 Å². The van der Waals surface area contributed by atoms with Gasteiger partial charge in [0.2, 0.25) is 0 Å². The molecule has 0 unspecified atom stereocenters. The number of hydrogen-bond acceptors (Lipinski definition) is 8. The van der Waals surface area contributed by atoms with Crippen LogP contribution in [0.15, 0.2) is 26.2 Å². The summed E-state index contributed by atoms with van der Waals surface area (Å²) in [4.78, 5) is 35.5. The van der Waals surface area contributed by atoms with Gasteiger partial charge in [0.05, 0.1) is 11.1 Å². The number of aromatic amines is 1. The summed E-state index contributed by atoms with van der Waals surface area (Å²) < 4.78 is 1.39. The van der Waals surface area contributed by atoms with Gasteiger partial charge in [-0.2, -0.15) is 4.98 Å². The Morgan fingerprint density at radius 1 is 1.38 bits per heavy atom.